The lowest BCUT2D eigenvalue weighted by atomic mass is 10.1. The number of hydrogen-bond donors (Lipinski definition) is 1. The molecule has 15 heavy (non-hydrogen) atoms. The third kappa shape index (κ3) is 2.36. The number of nitrogens with two attached hydrogens (primary N) is 1. The summed E-state index contributed by atoms with van der Waals surface area (Å²) in [5, 5.41) is 0. The fraction of sp³-hybridized carbons (Fsp3) is 0.500. The number of hydrogen-bond acceptors (Lipinski definition) is 2. The van der Waals surface area contributed by atoms with Gasteiger partial charge in [0.15, 0.2) is 0 Å². The minimum absolute atomic E-state index is 0.164. The van der Waals surface area contributed by atoms with Crippen LogP contribution < -0.4 is 5.73 Å². The number of likely N-dealkylation sites (tertiary alicyclic amines) is 1. The highest BCUT2D eigenvalue weighted by Crippen LogP contribution is 2.24. The van der Waals surface area contributed by atoms with Crippen LogP contribution in [0.15, 0.2) is 24.3 Å². The Morgan fingerprint density at radius 1 is 1.53 bits per heavy atom. The molecular weight excluding hydrogens is 191 g/mol. The van der Waals surface area contributed by atoms with Crippen LogP contribution in [0, 0.1) is 5.82 Å². The van der Waals surface area contributed by atoms with Crippen molar-refractivity contribution in [3.63, 3.8) is 0 Å². The van der Waals surface area contributed by atoms with Gasteiger partial charge in [-0.25, -0.2) is 4.39 Å². The molecule has 1 fully saturated rings. The van der Waals surface area contributed by atoms with E-state index in [9.17, 15) is 4.39 Å². The average molecular weight is 208 g/mol. The summed E-state index contributed by atoms with van der Waals surface area (Å²) < 4.78 is 13.0. The highest BCUT2D eigenvalue weighted by molar-refractivity contribution is 5.20. The van der Waals surface area contributed by atoms with Gasteiger partial charge in [-0.05, 0) is 31.0 Å². The molecule has 0 radical (unpaired) electrons. The van der Waals surface area contributed by atoms with Gasteiger partial charge in [-0.2, -0.15) is 0 Å². The Labute approximate surface area is 89.9 Å². The SMILES string of the molecule is CC(c1cccc(F)c1)N1CC[C@H](N)C1. The molecule has 1 aromatic rings. The molecule has 0 aliphatic carbocycles. The Morgan fingerprint density at radius 2 is 2.33 bits per heavy atom. The zero-order valence-electron chi connectivity index (χ0n) is 8.99. The first-order valence-corrected chi connectivity index (χ1v) is 5.42. The standard InChI is InChI=1S/C12H17FN2/c1-9(15-6-5-12(14)8-15)10-3-2-4-11(13)7-10/h2-4,7,9,12H,5-6,8,14H2,1H3/t9?,12-/m0/s1. The van der Waals surface area contributed by atoms with Crippen LogP contribution in [-0.4, -0.2) is 24.0 Å². The highest BCUT2D eigenvalue weighted by Gasteiger charge is 2.24. The molecule has 0 aromatic heterocycles. The first-order valence-electron chi connectivity index (χ1n) is 5.42. The first kappa shape index (κ1) is 10.6. The molecule has 1 aliphatic rings. The van der Waals surface area contributed by atoms with E-state index >= 15 is 0 Å². The molecule has 3 heteroatoms. The zero-order valence-corrected chi connectivity index (χ0v) is 8.99. The van der Waals surface area contributed by atoms with E-state index in [1.807, 2.05) is 6.07 Å². The van der Waals surface area contributed by atoms with Crippen molar-refractivity contribution >= 4 is 0 Å². The Hall–Kier alpha value is -0.930. The van der Waals surface area contributed by atoms with Crippen LogP contribution in [0.1, 0.15) is 24.9 Å². The summed E-state index contributed by atoms with van der Waals surface area (Å²) in [6.45, 7) is 4.03. The summed E-state index contributed by atoms with van der Waals surface area (Å²) in [4.78, 5) is 2.31. The van der Waals surface area contributed by atoms with Gasteiger partial charge in [0, 0.05) is 25.2 Å². The fourth-order valence-electron chi connectivity index (χ4n) is 2.14. The highest BCUT2D eigenvalue weighted by atomic mass is 19.1. The largest absolute Gasteiger partial charge is 0.326 e. The van der Waals surface area contributed by atoms with Gasteiger partial charge < -0.3 is 5.73 Å². The summed E-state index contributed by atoms with van der Waals surface area (Å²) in [7, 11) is 0. The van der Waals surface area contributed by atoms with E-state index in [0.717, 1.165) is 25.1 Å². The predicted octanol–water partition coefficient (Wildman–Crippen LogP) is 1.92. The van der Waals surface area contributed by atoms with Gasteiger partial charge in [-0.3, -0.25) is 4.90 Å². The van der Waals surface area contributed by atoms with Gasteiger partial charge in [0.25, 0.3) is 0 Å². The Kier molecular flexibility index (Phi) is 3.03. The molecule has 2 N–H and O–H groups in total. The van der Waals surface area contributed by atoms with Crippen molar-refractivity contribution in [1.29, 1.82) is 0 Å². The lowest BCUT2D eigenvalue weighted by Gasteiger charge is -2.24. The van der Waals surface area contributed by atoms with Crippen LogP contribution in [0.3, 0.4) is 0 Å². The Morgan fingerprint density at radius 3 is 2.93 bits per heavy atom. The number of benzene rings is 1. The van der Waals surface area contributed by atoms with E-state index in [4.69, 9.17) is 5.73 Å². The van der Waals surface area contributed by atoms with E-state index in [2.05, 4.69) is 11.8 Å². The second-order valence-electron chi connectivity index (χ2n) is 4.27. The van der Waals surface area contributed by atoms with E-state index in [1.165, 1.54) is 6.07 Å². The molecule has 82 valence electrons. The first-order chi connectivity index (χ1) is 7.16. The molecule has 2 nitrogen and oxygen atoms in total. The molecule has 0 saturated carbocycles. The Balaban J connectivity index is 2.10. The molecule has 0 spiro atoms. The minimum Gasteiger partial charge on any atom is -0.326 e. The van der Waals surface area contributed by atoms with Crippen molar-refractivity contribution in [2.75, 3.05) is 13.1 Å². The number of nitrogens with zero attached hydrogens (tertiary/aromatic N) is 1. The van der Waals surface area contributed by atoms with Crippen LogP contribution in [0.5, 0.6) is 0 Å². The van der Waals surface area contributed by atoms with Gasteiger partial charge in [-0.15, -0.1) is 0 Å². The molecule has 1 unspecified atom stereocenters. The summed E-state index contributed by atoms with van der Waals surface area (Å²) in [6.07, 6.45) is 1.04. The van der Waals surface area contributed by atoms with Crippen molar-refractivity contribution in [2.45, 2.75) is 25.4 Å². The predicted molar refractivity (Wildman–Crippen MR) is 59.0 cm³/mol. The summed E-state index contributed by atoms with van der Waals surface area (Å²) in [5.41, 5.74) is 6.89. The van der Waals surface area contributed by atoms with E-state index in [1.54, 1.807) is 12.1 Å². The lowest BCUT2D eigenvalue weighted by molar-refractivity contribution is 0.259. The summed E-state index contributed by atoms with van der Waals surface area (Å²) in [6, 6.07) is 7.35. The maximum atomic E-state index is 13.0. The second-order valence-corrected chi connectivity index (χ2v) is 4.27. The lowest BCUT2D eigenvalue weighted by Crippen LogP contribution is -2.28. The third-order valence-electron chi connectivity index (χ3n) is 3.13. The van der Waals surface area contributed by atoms with Crippen molar-refractivity contribution in [2.24, 2.45) is 5.73 Å². The molecule has 0 bridgehead atoms. The Bertz CT molecular complexity index is 340. The molecule has 1 heterocycles. The van der Waals surface area contributed by atoms with Gasteiger partial charge in [0.2, 0.25) is 0 Å². The fourth-order valence-corrected chi connectivity index (χ4v) is 2.14. The minimum atomic E-state index is -0.164. The van der Waals surface area contributed by atoms with Gasteiger partial charge in [0.05, 0.1) is 0 Å². The van der Waals surface area contributed by atoms with Gasteiger partial charge in [0.1, 0.15) is 5.82 Å². The van der Waals surface area contributed by atoms with Gasteiger partial charge >= 0.3 is 0 Å². The molecule has 1 aliphatic heterocycles. The summed E-state index contributed by atoms with van der Waals surface area (Å²) >= 11 is 0. The third-order valence-corrected chi connectivity index (χ3v) is 3.13. The van der Waals surface area contributed by atoms with Crippen LogP contribution in [-0.2, 0) is 0 Å². The molecule has 1 saturated heterocycles. The van der Waals surface area contributed by atoms with Crippen molar-refractivity contribution in [3.8, 4) is 0 Å². The van der Waals surface area contributed by atoms with Crippen LogP contribution in [0.25, 0.3) is 0 Å². The molecule has 0 amide bonds. The zero-order chi connectivity index (χ0) is 10.8. The number of halogens is 1. The van der Waals surface area contributed by atoms with Crippen LogP contribution in [0.4, 0.5) is 4.39 Å². The van der Waals surface area contributed by atoms with Crippen molar-refractivity contribution < 1.29 is 4.39 Å². The van der Waals surface area contributed by atoms with E-state index < -0.39 is 0 Å². The maximum absolute atomic E-state index is 13.0. The molecular formula is C12H17FN2. The quantitative estimate of drug-likeness (QED) is 0.804. The van der Waals surface area contributed by atoms with E-state index in [-0.39, 0.29) is 17.9 Å². The van der Waals surface area contributed by atoms with Crippen molar-refractivity contribution in [3.05, 3.63) is 35.6 Å². The average Bonchev–Trinajstić information content (AvgIpc) is 2.64. The van der Waals surface area contributed by atoms with E-state index in [0.29, 0.717) is 0 Å². The maximum Gasteiger partial charge on any atom is 0.123 e. The topological polar surface area (TPSA) is 29.3 Å². The summed E-state index contributed by atoms with van der Waals surface area (Å²) in [5.74, 6) is -0.164. The normalized spacial score (nSPS) is 24.3. The second kappa shape index (κ2) is 4.29. The van der Waals surface area contributed by atoms with Crippen molar-refractivity contribution in [1.82, 2.24) is 4.90 Å². The van der Waals surface area contributed by atoms with Crippen LogP contribution in [0.2, 0.25) is 0 Å². The van der Waals surface area contributed by atoms with Gasteiger partial charge in [-0.1, -0.05) is 12.1 Å². The van der Waals surface area contributed by atoms with Crippen LogP contribution >= 0.6 is 0 Å². The molecule has 1 aromatic carbocycles. The molecule has 2 rings (SSSR count). The number of rotatable bonds is 2. The molecule has 2 atom stereocenters. The monoisotopic (exact) mass is 208 g/mol. The smallest absolute Gasteiger partial charge is 0.123 e.